The van der Waals surface area contributed by atoms with Crippen molar-refractivity contribution in [3.63, 3.8) is 0 Å². The molecule has 1 aromatic rings. The lowest BCUT2D eigenvalue weighted by Crippen LogP contribution is -2.30. The van der Waals surface area contributed by atoms with Crippen LogP contribution in [0, 0.1) is 0 Å². The van der Waals surface area contributed by atoms with E-state index in [2.05, 4.69) is 0 Å². The molecule has 0 aromatic heterocycles. The monoisotopic (exact) mass is 223 g/mol. The van der Waals surface area contributed by atoms with Gasteiger partial charge in [-0.05, 0) is 24.6 Å². The molecule has 5 nitrogen and oxygen atoms in total. The minimum Gasteiger partial charge on any atom is -0.508 e. The predicted molar refractivity (Wildman–Crippen MR) is 56.6 cm³/mol. The molecule has 0 fully saturated rings. The van der Waals surface area contributed by atoms with Crippen molar-refractivity contribution in [2.75, 3.05) is 0 Å². The number of phenolic OH excluding ortho intramolecular Hbond substituents is 1. The quantitative estimate of drug-likeness (QED) is 0.721. The summed E-state index contributed by atoms with van der Waals surface area (Å²) in [5, 5.41) is 9.03. The normalized spacial score (nSPS) is 11.8. The summed E-state index contributed by atoms with van der Waals surface area (Å²) < 4.78 is 4.77. The van der Waals surface area contributed by atoms with Crippen molar-refractivity contribution in [3.8, 4) is 5.75 Å². The fourth-order valence-electron chi connectivity index (χ4n) is 1.08. The number of rotatable bonds is 4. The molecule has 1 rings (SSSR count). The molecule has 86 valence electrons. The topological polar surface area (TPSA) is 89.6 Å². The molecule has 16 heavy (non-hydrogen) atoms. The Labute approximate surface area is 92.8 Å². The van der Waals surface area contributed by atoms with Crippen molar-refractivity contribution < 1.29 is 19.4 Å². The van der Waals surface area contributed by atoms with Crippen molar-refractivity contribution in [3.05, 3.63) is 29.8 Å². The smallest absolute Gasteiger partial charge is 0.311 e. The van der Waals surface area contributed by atoms with Crippen LogP contribution in [0.2, 0.25) is 0 Å². The Bertz CT molecular complexity index is 385. The summed E-state index contributed by atoms with van der Waals surface area (Å²) in [7, 11) is 0. The second-order valence-electron chi connectivity index (χ2n) is 3.38. The molecule has 0 radical (unpaired) electrons. The van der Waals surface area contributed by atoms with E-state index < -0.39 is 18.0 Å². The minimum atomic E-state index is -0.926. The van der Waals surface area contributed by atoms with Gasteiger partial charge in [0.1, 0.15) is 5.75 Å². The number of hydrogen-bond donors (Lipinski definition) is 2. The Morgan fingerprint density at radius 1 is 1.38 bits per heavy atom. The summed E-state index contributed by atoms with van der Waals surface area (Å²) in [5.41, 5.74) is 5.64. The summed E-state index contributed by atoms with van der Waals surface area (Å²) in [4.78, 5) is 22.0. The van der Waals surface area contributed by atoms with Gasteiger partial charge in [0.2, 0.25) is 0 Å². The fraction of sp³-hybridized carbons (Fsp3) is 0.273. The number of benzene rings is 1. The molecular weight excluding hydrogens is 210 g/mol. The number of amides is 1. The molecule has 0 heterocycles. The third kappa shape index (κ3) is 3.61. The van der Waals surface area contributed by atoms with Gasteiger partial charge in [-0.25, -0.2) is 0 Å². The fourth-order valence-corrected chi connectivity index (χ4v) is 1.08. The highest BCUT2D eigenvalue weighted by molar-refractivity contribution is 5.82. The van der Waals surface area contributed by atoms with Crippen LogP contribution in [0.5, 0.6) is 5.75 Å². The van der Waals surface area contributed by atoms with Gasteiger partial charge in [0, 0.05) is 0 Å². The maximum Gasteiger partial charge on any atom is 0.311 e. The summed E-state index contributed by atoms with van der Waals surface area (Å²) in [5.74, 6) is -1.08. The van der Waals surface area contributed by atoms with Crippen LogP contribution in [0.4, 0.5) is 0 Å². The van der Waals surface area contributed by atoms with Crippen LogP contribution in [-0.4, -0.2) is 23.1 Å². The Morgan fingerprint density at radius 2 is 1.94 bits per heavy atom. The molecule has 1 atom stereocenters. The van der Waals surface area contributed by atoms with E-state index in [9.17, 15) is 9.59 Å². The van der Waals surface area contributed by atoms with E-state index in [0.717, 1.165) is 0 Å². The summed E-state index contributed by atoms with van der Waals surface area (Å²) in [6.07, 6.45) is -0.887. The van der Waals surface area contributed by atoms with E-state index >= 15 is 0 Å². The third-order valence-electron chi connectivity index (χ3n) is 1.99. The predicted octanol–water partition coefficient (Wildman–Crippen LogP) is 0.352. The SMILES string of the molecule is C[C@@H](OC(=O)Cc1ccc(O)cc1)C(N)=O. The number of carbonyl (C=O) groups is 2. The van der Waals surface area contributed by atoms with Crippen LogP contribution >= 0.6 is 0 Å². The lowest BCUT2D eigenvalue weighted by molar-refractivity contribution is -0.153. The molecule has 0 aliphatic carbocycles. The molecule has 0 aliphatic heterocycles. The van der Waals surface area contributed by atoms with Gasteiger partial charge in [0.25, 0.3) is 5.91 Å². The lowest BCUT2D eigenvalue weighted by atomic mass is 10.1. The molecule has 0 saturated heterocycles. The highest BCUT2D eigenvalue weighted by Gasteiger charge is 2.14. The van der Waals surface area contributed by atoms with Crippen molar-refractivity contribution in [1.29, 1.82) is 0 Å². The molecule has 3 N–H and O–H groups in total. The second kappa shape index (κ2) is 5.16. The number of aromatic hydroxyl groups is 1. The second-order valence-corrected chi connectivity index (χ2v) is 3.38. The number of ether oxygens (including phenoxy) is 1. The Balaban J connectivity index is 2.52. The number of nitrogens with two attached hydrogens (primary N) is 1. The first-order valence-electron chi connectivity index (χ1n) is 4.75. The summed E-state index contributed by atoms with van der Waals surface area (Å²) in [6.45, 7) is 1.41. The van der Waals surface area contributed by atoms with Crippen molar-refractivity contribution in [2.45, 2.75) is 19.4 Å². The molecular formula is C11H13NO4. The molecule has 5 heteroatoms. The molecule has 0 unspecified atom stereocenters. The van der Waals surface area contributed by atoms with Gasteiger partial charge in [-0.15, -0.1) is 0 Å². The number of esters is 1. The average Bonchev–Trinajstić information content (AvgIpc) is 2.21. The first kappa shape index (κ1) is 12.0. The Kier molecular flexibility index (Phi) is 3.88. The van der Waals surface area contributed by atoms with E-state index in [4.69, 9.17) is 15.6 Å². The summed E-state index contributed by atoms with van der Waals surface area (Å²) in [6, 6.07) is 6.15. The van der Waals surface area contributed by atoms with Crippen LogP contribution < -0.4 is 5.73 Å². The van der Waals surface area contributed by atoms with E-state index in [1.54, 1.807) is 12.1 Å². The van der Waals surface area contributed by atoms with Gasteiger partial charge in [0.15, 0.2) is 6.10 Å². The standard InChI is InChI=1S/C11H13NO4/c1-7(11(12)15)16-10(14)6-8-2-4-9(13)5-3-8/h2-5,7,13H,6H2,1H3,(H2,12,15)/t7-/m1/s1. The van der Waals surface area contributed by atoms with Gasteiger partial charge >= 0.3 is 5.97 Å². The molecule has 0 bridgehead atoms. The maximum absolute atomic E-state index is 11.3. The first-order valence-corrected chi connectivity index (χ1v) is 4.75. The Hall–Kier alpha value is -2.04. The van der Waals surface area contributed by atoms with E-state index in [0.29, 0.717) is 5.56 Å². The molecule has 1 amide bonds. The van der Waals surface area contributed by atoms with Crippen LogP contribution in [0.25, 0.3) is 0 Å². The zero-order chi connectivity index (χ0) is 12.1. The minimum absolute atomic E-state index is 0.0396. The Morgan fingerprint density at radius 3 is 2.44 bits per heavy atom. The van der Waals surface area contributed by atoms with Crippen LogP contribution in [-0.2, 0) is 20.7 Å². The zero-order valence-corrected chi connectivity index (χ0v) is 8.84. The van der Waals surface area contributed by atoms with Gasteiger partial charge in [-0.3, -0.25) is 9.59 Å². The van der Waals surface area contributed by atoms with E-state index in [-0.39, 0.29) is 12.2 Å². The van der Waals surface area contributed by atoms with Crippen LogP contribution in [0.1, 0.15) is 12.5 Å². The zero-order valence-electron chi connectivity index (χ0n) is 8.84. The molecule has 0 aliphatic rings. The van der Waals surface area contributed by atoms with Crippen LogP contribution in [0.3, 0.4) is 0 Å². The lowest BCUT2D eigenvalue weighted by Gasteiger charge is -2.09. The van der Waals surface area contributed by atoms with Gasteiger partial charge < -0.3 is 15.6 Å². The third-order valence-corrected chi connectivity index (χ3v) is 1.99. The van der Waals surface area contributed by atoms with Crippen molar-refractivity contribution in [1.82, 2.24) is 0 Å². The number of primary amides is 1. The van der Waals surface area contributed by atoms with E-state index in [1.807, 2.05) is 0 Å². The average molecular weight is 223 g/mol. The molecule has 0 spiro atoms. The highest BCUT2D eigenvalue weighted by atomic mass is 16.5. The number of carbonyl (C=O) groups excluding carboxylic acids is 2. The number of phenols is 1. The highest BCUT2D eigenvalue weighted by Crippen LogP contribution is 2.10. The molecule has 0 saturated carbocycles. The molecule has 1 aromatic carbocycles. The van der Waals surface area contributed by atoms with Crippen LogP contribution in [0.15, 0.2) is 24.3 Å². The first-order chi connectivity index (χ1) is 7.49. The largest absolute Gasteiger partial charge is 0.508 e. The number of hydrogen-bond acceptors (Lipinski definition) is 4. The van der Waals surface area contributed by atoms with E-state index in [1.165, 1.54) is 19.1 Å². The summed E-state index contributed by atoms with van der Waals surface area (Å²) >= 11 is 0. The van der Waals surface area contributed by atoms with Gasteiger partial charge in [0.05, 0.1) is 6.42 Å². The van der Waals surface area contributed by atoms with Crippen molar-refractivity contribution in [2.24, 2.45) is 5.73 Å². The van der Waals surface area contributed by atoms with Gasteiger partial charge in [-0.2, -0.15) is 0 Å². The van der Waals surface area contributed by atoms with Gasteiger partial charge in [-0.1, -0.05) is 12.1 Å². The maximum atomic E-state index is 11.3. The van der Waals surface area contributed by atoms with Crippen molar-refractivity contribution >= 4 is 11.9 Å².